The molecular formula is C12H13N5. The molecule has 0 bridgehead atoms. The summed E-state index contributed by atoms with van der Waals surface area (Å²) in [6.45, 7) is 0. The Bertz CT molecular complexity index is 692. The van der Waals surface area contributed by atoms with Gasteiger partial charge in [-0.3, -0.25) is 4.68 Å². The zero-order chi connectivity index (χ0) is 12.0. The Morgan fingerprint density at radius 1 is 1.18 bits per heavy atom. The van der Waals surface area contributed by atoms with Gasteiger partial charge in [0.15, 0.2) is 0 Å². The van der Waals surface area contributed by atoms with Crippen LogP contribution in [0.1, 0.15) is 0 Å². The first-order valence-corrected chi connectivity index (χ1v) is 5.38. The molecule has 17 heavy (non-hydrogen) atoms. The number of benzene rings is 1. The number of imidazole rings is 1. The minimum absolute atomic E-state index is 0.523. The molecule has 5 nitrogen and oxygen atoms in total. The lowest BCUT2D eigenvalue weighted by Gasteiger charge is -2.03. The summed E-state index contributed by atoms with van der Waals surface area (Å²) in [5.74, 6) is 0.523. The average Bonchev–Trinajstić information content (AvgIpc) is 2.85. The van der Waals surface area contributed by atoms with E-state index in [2.05, 4.69) is 10.1 Å². The number of para-hydroxylation sites is 1. The molecule has 2 heterocycles. The van der Waals surface area contributed by atoms with E-state index in [1.54, 1.807) is 6.20 Å². The predicted octanol–water partition coefficient (Wildman–Crippen LogP) is 1.56. The highest BCUT2D eigenvalue weighted by Gasteiger charge is 2.12. The van der Waals surface area contributed by atoms with E-state index in [1.165, 1.54) is 0 Å². The standard InChI is InChI=1S/C12H13N5/c1-16-10-5-3-4-8(11(10)15-12(16)13)9-6-7-14-17(9)2/h3-7H,1-2H3,(H2,13,15). The molecule has 0 spiro atoms. The fourth-order valence-corrected chi connectivity index (χ4v) is 2.08. The quantitative estimate of drug-likeness (QED) is 0.686. The highest BCUT2D eigenvalue weighted by atomic mass is 15.3. The summed E-state index contributed by atoms with van der Waals surface area (Å²) in [7, 11) is 3.83. The fourth-order valence-electron chi connectivity index (χ4n) is 2.08. The summed E-state index contributed by atoms with van der Waals surface area (Å²) in [5, 5.41) is 4.18. The summed E-state index contributed by atoms with van der Waals surface area (Å²) in [6.07, 6.45) is 1.78. The van der Waals surface area contributed by atoms with E-state index in [0.717, 1.165) is 22.3 Å². The van der Waals surface area contributed by atoms with Crippen LogP contribution in [-0.4, -0.2) is 19.3 Å². The molecular weight excluding hydrogens is 214 g/mol. The summed E-state index contributed by atoms with van der Waals surface area (Å²) in [5.41, 5.74) is 9.87. The Morgan fingerprint density at radius 3 is 2.71 bits per heavy atom. The van der Waals surface area contributed by atoms with Crippen molar-refractivity contribution in [3.05, 3.63) is 30.5 Å². The van der Waals surface area contributed by atoms with Crippen LogP contribution in [-0.2, 0) is 14.1 Å². The van der Waals surface area contributed by atoms with Gasteiger partial charge in [-0.05, 0) is 12.1 Å². The largest absolute Gasteiger partial charge is 0.369 e. The van der Waals surface area contributed by atoms with Gasteiger partial charge in [0.1, 0.15) is 5.52 Å². The number of aryl methyl sites for hydroxylation is 2. The lowest BCUT2D eigenvalue weighted by atomic mass is 10.1. The maximum atomic E-state index is 5.84. The fraction of sp³-hybridized carbons (Fsp3) is 0.167. The molecule has 3 rings (SSSR count). The number of anilines is 1. The van der Waals surface area contributed by atoms with Crippen molar-refractivity contribution in [1.29, 1.82) is 0 Å². The van der Waals surface area contributed by atoms with Crippen molar-refractivity contribution in [3.8, 4) is 11.3 Å². The molecule has 0 aliphatic carbocycles. The van der Waals surface area contributed by atoms with Gasteiger partial charge >= 0.3 is 0 Å². The van der Waals surface area contributed by atoms with Crippen molar-refractivity contribution in [2.45, 2.75) is 0 Å². The van der Waals surface area contributed by atoms with Gasteiger partial charge in [0.05, 0.1) is 11.2 Å². The maximum Gasteiger partial charge on any atom is 0.200 e. The lowest BCUT2D eigenvalue weighted by molar-refractivity contribution is 0.776. The summed E-state index contributed by atoms with van der Waals surface area (Å²) < 4.78 is 3.72. The highest BCUT2D eigenvalue weighted by molar-refractivity contribution is 5.92. The summed E-state index contributed by atoms with van der Waals surface area (Å²) >= 11 is 0. The zero-order valence-electron chi connectivity index (χ0n) is 9.75. The third-order valence-electron chi connectivity index (χ3n) is 3.04. The number of nitrogen functional groups attached to an aromatic ring is 1. The van der Waals surface area contributed by atoms with Gasteiger partial charge in [-0.1, -0.05) is 12.1 Å². The number of fused-ring (bicyclic) bond motifs is 1. The Morgan fingerprint density at radius 2 is 2.00 bits per heavy atom. The number of rotatable bonds is 1. The van der Waals surface area contributed by atoms with Crippen molar-refractivity contribution in [2.24, 2.45) is 14.1 Å². The first-order chi connectivity index (χ1) is 8.18. The van der Waals surface area contributed by atoms with E-state index in [-0.39, 0.29) is 0 Å². The van der Waals surface area contributed by atoms with Crippen molar-refractivity contribution in [3.63, 3.8) is 0 Å². The molecule has 0 radical (unpaired) electrons. The monoisotopic (exact) mass is 227 g/mol. The zero-order valence-corrected chi connectivity index (χ0v) is 9.75. The van der Waals surface area contributed by atoms with Gasteiger partial charge in [-0.15, -0.1) is 0 Å². The van der Waals surface area contributed by atoms with Gasteiger partial charge in [0, 0.05) is 25.9 Å². The second kappa shape index (κ2) is 3.35. The Hall–Kier alpha value is -2.30. The van der Waals surface area contributed by atoms with E-state index in [4.69, 9.17) is 5.73 Å². The lowest BCUT2D eigenvalue weighted by Crippen LogP contribution is -1.95. The van der Waals surface area contributed by atoms with Gasteiger partial charge < -0.3 is 10.3 Å². The normalized spacial score (nSPS) is 11.2. The Kier molecular flexibility index (Phi) is 1.95. The second-order valence-electron chi connectivity index (χ2n) is 4.04. The number of aromatic nitrogens is 4. The van der Waals surface area contributed by atoms with Crippen molar-refractivity contribution < 1.29 is 0 Å². The summed E-state index contributed by atoms with van der Waals surface area (Å²) in [6, 6.07) is 8.02. The van der Waals surface area contributed by atoms with Crippen LogP contribution in [0.25, 0.3) is 22.3 Å². The molecule has 0 aliphatic heterocycles. The first-order valence-electron chi connectivity index (χ1n) is 5.38. The van der Waals surface area contributed by atoms with E-state index in [1.807, 2.05) is 47.6 Å². The first kappa shape index (κ1) is 9.89. The summed E-state index contributed by atoms with van der Waals surface area (Å²) in [4.78, 5) is 4.41. The second-order valence-corrected chi connectivity index (χ2v) is 4.04. The van der Waals surface area contributed by atoms with E-state index in [9.17, 15) is 0 Å². The molecule has 0 unspecified atom stereocenters. The number of nitrogens with zero attached hydrogens (tertiary/aromatic N) is 4. The van der Waals surface area contributed by atoms with Crippen LogP contribution in [0.4, 0.5) is 5.95 Å². The highest BCUT2D eigenvalue weighted by Crippen LogP contribution is 2.28. The molecule has 0 aliphatic rings. The SMILES string of the molecule is Cn1nccc1-c1cccc2c1nc(N)n2C. The Labute approximate surface area is 98.5 Å². The maximum absolute atomic E-state index is 5.84. The predicted molar refractivity (Wildman–Crippen MR) is 67.3 cm³/mol. The third kappa shape index (κ3) is 1.32. The van der Waals surface area contributed by atoms with Gasteiger partial charge in [0.2, 0.25) is 5.95 Å². The third-order valence-corrected chi connectivity index (χ3v) is 3.04. The number of hydrogen-bond acceptors (Lipinski definition) is 3. The molecule has 86 valence electrons. The molecule has 0 saturated heterocycles. The topological polar surface area (TPSA) is 61.7 Å². The Balaban J connectivity index is 2.38. The molecule has 0 fully saturated rings. The van der Waals surface area contributed by atoms with Gasteiger partial charge in [0.25, 0.3) is 0 Å². The molecule has 0 atom stereocenters. The van der Waals surface area contributed by atoms with Crippen LogP contribution >= 0.6 is 0 Å². The minimum atomic E-state index is 0.523. The van der Waals surface area contributed by atoms with Crippen LogP contribution in [0, 0.1) is 0 Å². The molecule has 1 aromatic carbocycles. The smallest absolute Gasteiger partial charge is 0.200 e. The van der Waals surface area contributed by atoms with Crippen LogP contribution in [0.3, 0.4) is 0 Å². The minimum Gasteiger partial charge on any atom is -0.369 e. The van der Waals surface area contributed by atoms with Crippen molar-refractivity contribution in [2.75, 3.05) is 5.73 Å². The van der Waals surface area contributed by atoms with Crippen molar-refractivity contribution >= 4 is 17.0 Å². The molecule has 5 heteroatoms. The molecule has 0 amide bonds. The van der Waals surface area contributed by atoms with Crippen LogP contribution in [0.15, 0.2) is 30.5 Å². The average molecular weight is 227 g/mol. The van der Waals surface area contributed by atoms with Gasteiger partial charge in [-0.25, -0.2) is 4.98 Å². The van der Waals surface area contributed by atoms with Crippen LogP contribution in [0.2, 0.25) is 0 Å². The molecule has 0 saturated carbocycles. The van der Waals surface area contributed by atoms with Crippen LogP contribution in [0.5, 0.6) is 0 Å². The van der Waals surface area contributed by atoms with E-state index in [0.29, 0.717) is 5.95 Å². The van der Waals surface area contributed by atoms with Gasteiger partial charge in [-0.2, -0.15) is 5.10 Å². The molecule has 2 N–H and O–H groups in total. The van der Waals surface area contributed by atoms with Crippen molar-refractivity contribution in [1.82, 2.24) is 19.3 Å². The molecule has 3 aromatic rings. The number of nitrogens with two attached hydrogens (primary N) is 1. The number of hydrogen-bond donors (Lipinski definition) is 1. The van der Waals surface area contributed by atoms with Crippen LogP contribution < -0.4 is 5.73 Å². The van der Waals surface area contributed by atoms with E-state index >= 15 is 0 Å². The molecule has 2 aromatic heterocycles. The van der Waals surface area contributed by atoms with E-state index < -0.39 is 0 Å².